The van der Waals surface area contributed by atoms with E-state index in [0.29, 0.717) is 5.92 Å². The van der Waals surface area contributed by atoms with Gasteiger partial charge in [-0.05, 0) is 56.2 Å². The van der Waals surface area contributed by atoms with E-state index in [0.717, 1.165) is 31.0 Å². The maximum atomic E-state index is 4.90. The molecule has 0 saturated carbocycles. The van der Waals surface area contributed by atoms with Gasteiger partial charge >= 0.3 is 0 Å². The summed E-state index contributed by atoms with van der Waals surface area (Å²) in [4.78, 5) is 7.26. The number of para-hydroxylation sites is 2. The van der Waals surface area contributed by atoms with Gasteiger partial charge in [0.05, 0.1) is 11.0 Å². The fourth-order valence-electron chi connectivity index (χ4n) is 3.26. The van der Waals surface area contributed by atoms with Crippen molar-refractivity contribution in [2.75, 3.05) is 18.0 Å². The zero-order valence-corrected chi connectivity index (χ0v) is 15.2. The molecule has 0 atom stereocenters. The van der Waals surface area contributed by atoms with Crippen LogP contribution in [0.4, 0.5) is 5.69 Å². The first-order valence-electron chi connectivity index (χ1n) is 8.94. The number of benzene rings is 2. The molecule has 2 aromatic carbocycles. The number of rotatable bonds is 6. The molecular formula is C21H27N3. The second-order valence-electron chi connectivity index (χ2n) is 6.65. The molecule has 0 aliphatic heterocycles. The van der Waals surface area contributed by atoms with Gasteiger partial charge in [0, 0.05) is 30.9 Å². The zero-order chi connectivity index (χ0) is 17.1. The van der Waals surface area contributed by atoms with Crippen molar-refractivity contribution in [3.8, 4) is 11.4 Å². The number of hydrogen-bond acceptors (Lipinski definition) is 2. The molecule has 0 unspecified atom stereocenters. The number of hydrogen-bond donors (Lipinski definition) is 0. The van der Waals surface area contributed by atoms with Crippen LogP contribution in [0.3, 0.4) is 0 Å². The van der Waals surface area contributed by atoms with Crippen LogP contribution in [-0.2, 0) is 6.54 Å². The molecule has 0 bridgehead atoms. The van der Waals surface area contributed by atoms with Crippen LogP contribution in [0.2, 0.25) is 0 Å². The van der Waals surface area contributed by atoms with Gasteiger partial charge in [-0.25, -0.2) is 4.98 Å². The van der Waals surface area contributed by atoms with Crippen LogP contribution in [0.1, 0.15) is 27.7 Å². The van der Waals surface area contributed by atoms with Crippen LogP contribution in [0.25, 0.3) is 22.4 Å². The molecule has 1 heterocycles. The molecule has 0 saturated heterocycles. The highest BCUT2D eigenvalue weighted by molar-refractivity contribution is 5.80. The van der Waals surface area contributed by atoms with Gasteiger partial charge in [-0.15, -0.1) is 0 Å². The van der Waals surface area contributed by atoms with E-state index < -0.39 is 0 Å². The Balaban J connectivity index is 2.05. The molecule has 126 valence electrons. The topological polar surface area (TPSA) is 21.1 Å². The van der Waals surface area contributed by atoms with Crippen molar-refractivity contribution in [1.82, 2.24) is 9.55 Å². The number of aromatic nitrogens is 2. The minimum atomic E-state index is 0.580. The van der Waals surface area contributed by atoms with Gasteiger partial charge in [-0.2, -0.15) is 0 Å². The van der Waals surface area contributed by atoms with Crippen molar-refractivity contribution in [2.24, 2.45) is 5.92 Å². The standard InChI is InChI=1S/C21H27N3/c1-5-23(6-2)18-13-11-17(12-14-18)21-22-19-9-7-8-10-20(19)24(21)15-16(3)4/h7-14,16H,5-6,15H2,1-4H3. The third-order valence-corrected chi connectivity index (χ3v) is 4.46. The van der Waals surface area contributed by atoms with Crippen molar-refractivity contribution in [3.05, 3.63) is 48.5 Å². The van der Waals surface area contributed by atoms with Crippen molar-refractivity contribution < 1.29 is 0 Å². The molecule has 3 aromatic rings. The first-order valence-corrected chi connectivity index (χ1v) is 8.94. The average Bonchev–Trinajstić information content (AvgIpc) is 2.95. The summed E-state index contributed by atoms with van der Waals surface area (Å²) < 4.78 is 2.35. The van der Waals surface area contributed by atoms with Crippen LogP contribution in [-0.4, -0.2) is 22.6 Å². The van der Waals surface area contributed by atoms with E-state index >= 15 is 0 Å². The van der Waals surface area contributed by atoms with Gasteiger partial charge in [0.2, 0.25) is 0 Å². The number of nitrogens with zero attached hydrogens (tertiary/aromatic N) is 3. The second-order valence-corrected chi connectivity index (χ2v) is 6.65. The molecule has 0 radical (unpaired) electrons. The molecule has 1 aromatic heterocycles. The van der Waals surface area contributed by atoms with E-state index in [1.807, 2.05) is 0 Å². The summed E-state index contributed by atoms with van der Waals surface area (Å²) in [5.41, 5.74) is 4.74. The Bertz CT molecular complexity index is 796. The number of imidazole rings is 1. The molecule has 0 aliphatic rings. The molecular weight excluding hydrogens is 294 g/mol. The van der Waals surface area contributed by atoms with Crippen LogP contribution in [0.5, 0.6) is 0 Å². The smallest absolute Gasteiger partial charge is 0.141 e. The molecule has 0 aliphatic carbocycles. The van der Waals surface area contributed by atoms with Gasteiger partial charge in [-0.3, -0.25) is 0 Å². The Morgan fingerprint density at radius 2 is 1.62 bits per heavy atom. The van der Waals surface area contributed by atoms with Crippen LogP contribution in [0.15, 0.2) is 48.5 Å². The van der Waals surface area contributed by atoms with E-state index in [1.54, 1.807) is 0 Å². The highest BCUT2D eigenvalue weighted by atomic mass is 15.1. The fraction of sp³-hybridized carbons (Fsp3) is 0.381. The lowest BCUT2D eigenvalue weighted by Crippen LogP contribution is -2.21. The summed E-state index contributed by atoms with van der Waals surface area (Å²) in [6.07, 6.45) is 0. The van der Waals surface area contributed by atoms with E-state index in [9.17, 15) is 0 Å². The Labute approximate surface area is 144 Å². The minimum Gasteiger partial charge on any atom is -0.372 e. The largest absolute Gasteiger partial charge is 0.372 e. The summed E-state index contributed by atoms with van der Waals surface area (Å²) in [6.45, 7) is 11.9. The van der Waals surface area contributed by atoms with Crippen molar-refractivity contribution in [3.63, 3.8) is 0 Å². The van der Waals surface area contributed by atoms with Gasteiger partial charge in [0.1, 0.15) is 5.82 Å². The first-order chi connectivity index (χ1) is 11.6. The van der Waals surface area contributed by atoms with Crippen LogP contribution < -0.4 is 4.90 Å². The summed E-state index contributed by atoms with van der Waals surface area (Å²) in [5.74, 6) is 1.65. The van der Waals surface area contributed by atoms with E-state index in [1.165, 1.54) is 16.8 Å². The highest BCUT2D eigenvalue weighted by Crippen LogP contribution is 2.27. The molecule has 0 amide bonds. The third-order valence-electron chi connectivity index (χ3n) is 4.46. The van der Waals surface area contributed by atoms with Crippen molar-refractivity contribution >= 4 is 16.7 Å². The summed E-state index contributed by atoms with van der Waals surface area (Å²) in [5, 5.41) is 0. The van der Waals surface area contributed by atoms with E-state index in [-0.39, 0.29) is 0 Å². The summed E-state index contributed by atoms with van der Waals surface area (Å²) in [7, 11) is 0. The van der Waals surface area contributed by atoms with Gasteiger partial charge in [0.15, 0.2) is 0 Å². The first kappa shape index (κ1) is 16.6. The Kier molecular flexibility index (Phi) is 4.89. The van der Waals surface area contributed by atoms with Gasteiger partial charge in [-0.1, -0.05) is 26.0 Å². The zero-order valence-electron chi connectivity index (χ0n) is 15.2. The quantitative estimate of drug-likeness (QED) is 0.622. The third kappa shape index (κ3) is 3.16. The predicted octanol–water partition coefficient (Wildman–Crippen LogP) is 5.21. The molecule has 0 fully saturated rings. The number of fused-ring (bicyclic) bond motifs is 1. The predicted molar refractivity (Wildman–Crippen MR) is 104 cm³/mol. The average molecular weight is 321 g/mol. The van der Waals surface area contributed by atoms with Crippen molar-refractivity contribution in [1.29, 1.82) is 0 Å². The van der Waals surface area contributed by atoms with Gasteiger partial charge in [0.25, 0.3) is 0 Å². The van der Waals surface area contributed by atoms with E-state index in [2.05, 4.69) is 85.7 Å². The minimum absolute atomic E-state index is 0.580. The summed E-state index contributed by atoms with van der Waals surface area (Å²) in [6, 6.07) is 17.2. The maximum absolute atomic E-state index is 4.90. The molecule has 3 rings (SSSR count). The second kappa shape index (κ2) is 7.08. The summed E-state index contributed by atoms with van der Waals surface area (Å²) >= 11 is 0. The van der Waals surface area contributed by atoms with Gasteiger partial charge < -0.3 is 9.47 Å². The molecule has 0 N–H and O–H groups in total. The lowest BCUT2D eigenvalue weighted by Gasteiger charge is -2.21. The molecule has 3 heteroatoms. The maximum Gasteiger partial charge on any atom is 0.141 e. The molecule has 0 spiro atoms. The van der Waals surface area contributed by atoms with Crippen LogP contribution >= 0.6 is 0 Å². The normalized spacial score (nSPS) is 11.4. The van der Waals surface area contributed by atoms with Crippen LogP contribution in [0, 0.1) is 5.92 Å². The van der Waals surface area contributed by atoms with E-state index in [4.69, 9.17) is 4.98 Å². The lowest BCUT2D eigenvalue weighted by molar-refractivity contribution is 0.536. The van der Waals surface area contributed by atoms with Crippen molar-refractivity contribution in [2.45, 2.75) is 34.2 Å². The molecule has 24 heavy (non-hydrogen) atoms. The Morgan fingerprint density at radius 3 is 2.25 bits per heavy atom. The highest BCUT2D eigenvalue weighted by Gasteiger charge is 2.13. The lowest BCUT2D eigenvalue weighted by atomic mass is 10.1. The molecule has 3 nitrogen and oxygen atoms in total. The monoisotopic (exact) mass is 321 g/mol. The SMILES string of the molecule is CCN(CC)c1ccc(-c2nc3ccccc3n2CC(C)C)cc1. The number of anilines is 1. The fourth-order valence-corrected chi connectivity index (χ4v) is 3.26. The Morgan fingerprint density at radius 1 is 0.958 bits per heavy atom. The Hall–Kier alpha value is -2.29.